The zero-order valence-corrected chi connectivity index (χ0v) is 16.4. The van der Waals surface area contributed by atoms with Gasteiger partial charge in [-0.3, -0.25) is 4.98 Å². The smallest absolute Gasteiger partial charge is 0.321 e. The minimum absolute atomic E-state index is 0.157. The van der Waals surface area contributed by atoms with E-state index in [9.17, 15) is 14.3 Å². The van der Waals surface area contributed by atoms with Gasteiger partial charge in [-0.15, -0.1) is 0 Å². The second-order valence-electron chi connectivity index (χ2n) is 6.86. The molecule has 0 unspecified atom stereocenters. The summed E-state index contributed by atoms with van der Waals surface area (Å²) in [6, 6.07) is 12.9. The first-order valence-electron chi connectivity index (χ1n) is 9.30. The second-order valence-corrected chi connectivity index (χ2v) is 7.30. The summed E-state index contributed by atoms with van der Waals surface area (Å²) in [6.07, 6.45) is 0. The molecule has 0 saturated carbocycles. The van der Waals surface area contributed by atoms with Gasteiger partial charge in [-0.2, -0.15) is 0 Å². The Morgan fingerprint density at radius 2 is 1.83 bits per heavy atom. The van der Waals surface area contributed by atoms with Crippen molar-refractivity contribution in [3.05, 3.63) is 65.1 Å². The molecule has 1 aliphatic rings. The van der Waals surface area contributed by atoms with Crippen molar-refractivity contribution in [1.82, 2.24) is 9.88 Å². The van der Waals surface area contributed by atoms with Gasteiger partial charge in [0.2, 0.25) is 0 Å². The maximum atomic E-state index is 13.0. The molecule has 1 saturated heterocycles. The highest BCUT2D eigenvalue weighted by molar-refractivity contribution is 6.31. The number of aliphatic hydroxyl groups is 1. The topological polar surface area (TPSA) is 68.7 Å². The molecule has 2 aromatic carbocycles. The number of pyridine rings is 1. The van der Waals surface area contributed by atoms with E-state index in [0.29, 0.717) is 42.6 Å². The van der Waals surface area contributed by atoms with Gasteiger partial charge in [-0.05, 0) is 48.5 Å². The number of amides is 2. The normalized spacial score (nSPS) is 14.3. The van der Waals surface area contributed by atoms with Gasteiger partial charge >= 0.3 is 6.03 Å². The van der Waals surface area contributed by atoms with Crippen LogP contribution in [0.5, 0.6) is 0 Å². The number of hydrogen-bond acceptors (Lipinski definition) is 4. The number of nitrogens with zero attached hydrogens (tertiary/aromatic N) is 3. The van der Waals surface area contributed by atoms with Gasteiger partial charge in [0, 0.05) is 48.0 Å². The number of aromatic nitrogens is 1. The monoisotopic (exact) mass is 414 g/mol. The van der Waals surface area contributed by atoms with Crippen LogP contribution in [-0.4, -0.2) is 47.2 Å². The third kappa shape index (κ3) is 4.26. The summed E-state index contributed by atoms with van der Waals surface area (Å²) in [5, 5.41) is 13.9. The van der Waals surface area contributed by atoms with Gasteiger partial charge < -0.3 is 20.2 Å². The molecule has 2 heterocycles. The van der Waals surface area contributed by atoms with Crippen molar-refractivity contribution in [2.45, 2.75) is 6.61 Å². The first kappa shape index (κ1) is 19.4. The molecule has 4 rings (SSSR count). The van der Waals surface area contributed by atoms with Crippen LogP contribution >= 0.6 is 11.6 Å². The summed E-state index contributed by atoms with van der Waals surface area (Å²) in [6.45, 7) is 2.21. The maximum absolute atomic E-state index is 13.0. The molecule has 0 bridgehead atoms. The summed E-state index contributed by atoms with van der Waals surface area (Å²) in [4.78, 5) is 20.8. The number of aliphatic hydroxyl groups excluding tert-OH is 1. The number of rotatable bonds is 3. The van der Waals surface area contributed by atoms with Crippen molar-refractivity contribution in [3.8, 4) is 0 Å². The van der Waals surface area contributed by atoms with E-state index in [2.05, 4.69) is 15.2 Å². The minimum Gasteiger partial charge on any atom is -0.390 e. The van der Waals surface area contributed by atoms with Crippen LogP contribution in [0.2, 0.25) is 5.02 Å². The van der Waals surface area contributed by atoms with Crippen molar-refractivity contribution < 1.29 is 14.3 Å². The molecule has 0 radical (unpaired) electrons. The number of benzene rings is 2. The first-order chi connectivity index (χ1) is 14.0. The van der Waals surface area contributed by atoms with Gasteiger partial charge in [-0.1, -0.05) is 11.6 Å². The molecule has 8 heteroatoms. The molecule has 1 fully saturated rings. The number of piperazine rings is 1. The third-order valence-electron chi connectivity index (χ3n) is 4.97. The van der Waals surface area contributed by atoms with E-state index in [1.807, 2.05) is 18.2 Å². The predicted molar refractivity (Wildman–Crippen MR) is 112 cm³/mol. The van der Waals surface area contributed by atoms with E-state index in [-0.39, 0.29) is 18.5 Å². The van der Waals surface area contributed by atoms with Gasteiger partial charge in [0.25, 0.3) is 0 Å². The lowest BCUT2D eigenvalue weighted by Crippen LogP contribution is -2.50. The van der Waals surface area contributed by atoms with E-state index < -0.39 is 0 Å². The van der Waals surface area contributed by atoms with Gasteiger partial charge in [-0.25, -0.2) is 9.18 Å². The highest BCUT2D eigenvalue weighted by atomic mass is 35.5. The molecular weight excluding hydrogens is 395 g/mol. The van der Waals surface area contributed by atoms with Crippen LogP contribution in [0, 0.1) is 5.82 Å². The average molecular weight is 415 g/mol. The molecule has 1 aliphatic heterocycles. The van der Waals surface area contributed by atoms with Gasteiger partial charge in [0.05, 0.1) is 17.8 Å². The number of hydrogen-bond donors (Lipinski definition) is 2. The van der Waals surface area contributed by atoms with Crippen LogP contribution < -0.4 is 10.2 Å². The number of fused-ring (bicyclic) bond motifs is 1. The quantitative estimate of drug-likeness (QED) is 0.682. The Labute approximate surface area is 172 Å². The van der Waals surface area contributed by atoms with E-state index in [4.69, 9.17) is 11.6 Å². The Bertz CT molecular complexity index is 1040. The largest absolute Gasteiger partial charge is 0.390 e. The van der Waals surface area contributed by atoms with E-state index in [0.717, 1.165) is 16.6 Å². The van der Waals surface area contributed by atoms with Crippen LogP contribution in [0.3, 0.4) is 0 Å². The zero-order valence-electron chi connectivity index (χ0n) is 15.6. The van der Waals surface area contributed by atoms with Crippen molar-refractivity contribution >= 4 is 39.9 Å². The van der Waals surface area contributed by atoms with Crippen LogP contribution in [-0.2, 0) is 6.61 Å². The maximum Gasteiger partial charge on any atom is 0.321 e. The second kappa shape index (κ2) is 8.23. The van der Waals surface area contributed by atoms with Crippen LogP contribution in [0.25, 0.3) is 10.9 Å². The molecule has 2 amide bonds. The number of carbonyl (C=O) groups is 1. The SMILES string of the molecule is O=C(Nc1ccc(F)cc1)N1CCN(c2cc(CO)nc3cc(Cl)ccc23)CC1. The fourth-order valence-corrected chi connectivity index (χ4v) is 3.63. The summed E-state index contributed by atoms with van der Waals surface area (Å²) in [5.41, 5.74) is 2.83. The van der Waals surface area contributed by atoms with E-state index in [1.54, 1.807) is 11.0 Å². The predicted octanol–water partition coefficient (Wildman–Crippen LogP) is 3.87. The fraction of sp³-hybridized carbons (Fsp3) is 0.238. The Morgan fingerprint density at radius 1 is 1.10 bits per heavy atom. The van der Waals surface area contributed by atoms with Crippen molar-refractivity contribution in [1.29, 1.82) is 0 Å². The molecule has 150 valence electrons. The van der Waals surface area contributed by atoms with Crippen molar-refractivity contribution in [2.75, 3.05) is 36.4 Å². The Hall–Kier alpha value is -2.90. The molecule has 6 nitrogen and oxygen atoms in total. The van der Waals surface area contributed by atoms with E-state index in [1.165, 1.54) is 24.3 Å². The van der Waals surface area contributed by atoms with Gasteiger partial charge in [0.15, 0.2) is 0 Å². The summed E-state index contributed by atoms with van der Waals surface area (Å²) in [5.74, 6) is -0.343. The molecular formula is C21H20ClFN4O2. The zero-order chi connectivity index (χ0) is 20.4. The molecule has 0 atom stereocenters. The highest BCUT2D eigenvalue weighted by Crippen LogP contribution is 2.30. The average Bonchev–Trinajstić information content (AvgIpc) is 2.74. The highest BCUT2D eigenvalue weighted by Gasteiger charge is 2.23. The molecule has 29 heavy (non-hydrogen) atoms. The Morgan fingerprint density at radius 3 is 2.52 bits per heavy atom. The minimum atomic E-state index is -0.343. The van der Waals surface area contributed by atoms with Crippen LogP contribution in [0.15, 0.2) is 48.5 Å². The molecule has 0 spiro atoms. The number of urea groups is 1. The molecule has 1 aromatic heterocycles. The number of carbonyl (C=O) groups excluding carboxylic acids is 1. The van der Waals surface area contributed by atoms with Gasteiger partial charge in [0.1, 0.15) is 5.82 Å². The lowest BCUT2D eigenvalue weighted by molar-refractivity contribution is 0.208. The van der Waals surface area contributed by atoms with Crippen LogP contribution in [0.1, 0.15) is 5.69 Å². The lowest BCUT2D eigenvalue weighted by Gasteiger charge is -2.36. The molecule has 0 aliphatic carbocycles. The van der Waals surface area contributed by atoms with Crippen molar-refractivity contribution in [3.63, 3.8) is 0 Å². The lowest BCUT2D eigenvalue weighted by atomic mass is 10.1. The Kier molecular flexibility index (Phi) is 5.51. The summed E-state index contributed by atoms with van der Waals surface area (Å²) < 4.78 is 13.0. The molecule has 3 aromatic rings. The Balaban J connectivity index is 1.48. The summed E-state index contributed by atoms with van der Waals surface area (Å²) in [7, 11) is 0. The number of halogens is 2. The fourth-order valence-electron chi connectivity index (χ4n) is 3.47. The number of anilines is 2. The summed E-state index contributed by atoms with van der Waals surface area (Å²) >= 11 is 6.09. The van der Waals surface area contributed by atoms with E-state index >= 15 is 0 Å². The standard InChI is InChI=1S/C21H20ClFN4O2/c22-14-1-6-18-19(11-14)24-17(13-28)12-20(18)26-7-9-27(10-8-26)21(29)25-16-4-2-15(23)3-5-16/h1-6,11-12,28H,7-10,13H2,(H,25,29). The first-order valence-corrected chi connectivity index (χ1v) is 9.68. The number of nitrogens with one attached hydrogen (secondary N) is 1. The molecule has 2 N–H and O–H groups in total. The third-order valence-corrected chi connectivity index (χ3v) is 5.20. The van der Waals surface area contributed by atoms with Crippen LogP contribution in [0.4, 0.5) is 20.6 Å². The van der Waals surface area contributed by atoms with Crippen molar-refractivity contribution in [2.24, 2.45) is 0 Å².